The second-order valence-electron chi connectivity index (χ2n) is 3.74. The highest BCUT2D eigenvalue weighted by molar-refractivity contribution is 6.30. The molecule has 0 aliphatic carbocycles. The molecule has 0 bridgehead atoms. The molecule has 0 atom stereocenters. The first-order valence-electron chi connectivity index (χ1n) is 5.31. The number of hydrogen-bond donors (Lipinski definition) is 1. The average Bonchev–Trinajstić information content (AvgIpc) is 2.38. The molecule has 2 rings (SSSR count). The molecule has 2 aromatic carbocycles. The van der Waals surface area contributed by atoms with Crippen LogP contribution in [0.5, 0.6) is 0 Å². The van der Waals surface area contributed by atoms with Crippen LogP contribution in [0.2, 0.25) is 5.02 Å². The Bertz CT molecular complexity index is 680. The number of halogens is 1. The van der Waals surface area contributed by atoms with Crippen LogP contribution < -0.4 is 5.32 Å². The van der Waals surface area contributed by atoms with Gasteiger partial charge in [-0.05, 0) is 30.3 Å². The molecule has 19 heavy (non-hydrogen) atoms. The number of hydrogen-bond acceptors (Lipinski definition) is 4. The second kappa shape index (κ2) is 5.38. The van der Waals surface area contributed by atoms with Gasteiger partial charge in [-0.1, -0.05) is 17.7 Å². The molecule has 0 saturated carbocycles. The van der Waals surface area contributed by atoms with Crippen molar-refractivity contribution < 1.29 is 4.92 Å². The minimum atomic E-state index is -0.582. The Morgan fingerprint density at radius 1 is 1.21 bits per heavy atom. The van der Waals surface area contributed by atoms with Crippen molar-refractivity contribution in [3.05, 3.63) is 63.2 Å². The van der Waals surface area contributed by atoms with E-state index in [2.05, 4.69) is 5.32 Å². The van der Waals surface area contributed by atoms with Crippen molar-refractivity contribution in [1.29, 1.82) is 5.26 Å². The zero-order valence-electron chi connectivity index (χ0n) is 9.63. The van der Waals surface area contributed by atoms with E-state index in [0.717, 1.165) is 0 Å². The molecule has 0 aliphatic heterocycles. The molecule has 0 radical (unpaired) electrons. The minimum absolute atomic E-state index is 0.0293. The van der Waals surface area contributed by atoms with Crippen LogP contribution in [0.3, 0.4) is 0 Å². The first-order valence-corrected chi connectivity index (χ1v) is 5.69. The lowest BCUT2D eigenvalue weighted by molar-refractivity contribution is -0.385. The van der Waals surface area contributed by atoms with Gasteiger partial charge in [-0.15, -0.1) is 0 Å². The SMILES string of the molecule is N#Cc1ccc(Nc2cccc(Cl)c2)cc1[N+](=O)[O-]. The van der Waals surface area contributed by atoms with Crippen LogP contribution in [0.25, 0.3) is 0 Å². The first-order chi connectivity index (χ1) is 9.10. The summed E-state index contributed by atoms with van der Waals surface area (Å²) in [4.78, 5) is 10.3. The van der Waals surface area contributed by atoms with Crippen LogP contribution in [0, 0.1) is 21.4 Å². The maximum atomic E-state index is 10.8. The Labute approximate surface area is 114 Å². The van der Waals surface area contributed by atoms with Crippen LogP contribution in [-0.2, 0) is 0 Å². The molecule has 1 N–H and O–H groups in total. The van der Waals surface area contributed by atoms with Crippen LogP contribution in [0.1, 0.15) is 5.56 Å². The molecule has 0 fully saturated rings. The van der Waals surface area contributed by atoms with E-state index in [9.17, 15) is 10.1 Å². The summed E-state index contributed by atoms with van der Waals surface area (Å²) in [5.74, 6) is 0. The van der Waals surface area contributed by atoms with E-state index in [1.165, 1.54) is 12.1 Å². The highest BCUT2D eigenvalue weighted by atomic mass is 35.5. The minimum Gasteiger partial charge on any atom is -0.355 e. The van der Waals surface area contributed by atoms with Gasteiger partial charge in [0, 0.05) is 22.5 Å². The summed E-state index contributed by atoms with van der Waals surface area (Å²) >= 11 is 5.85. The van der Waals surface area contributed by atoms with Crippen molar-refractivity contribution in [3.63, 3.8) is 0 Å². The van der Waals surface area contributed by atoms with E-state index < -0.39 is 4.92 Å². The van der Waals surface area contributed by atoms with Gasteiger partial charge < -0.3 is 5.32 Å². The van der Waals surface area contributed by atoms with Crippen molar-refractivity contribution in [2.75, 3.05) is 5.32 Å². The highest BCUT2D eigenvalue weighted by Crippen LogP contribution is 2.26. The highest BCUT2D eigenvalue weighted by Gasteiger charge is 2.14. The van der Waals surface area contributed by atoms with Gasteiger partial charge in [-0.2, -0.15) is 5.26 Å². The number of nitrogens with zero attached hydrogens (tertiary/aromatic N) is 2. The van der Waals surface area contributed by atoms with Gasteiger partial charge in [-0.25, -0.2) is 0 Å². The summed E-state index contributed by atoms with van der Waals surface area (Å²) in [7, 11) is 0. The number of nitro benzene ring substituents is 1. The Balaban J connectivity index is 2.34. The van der Waals surface area contributed by atoms with E-state index >= 15 is 0 Å². The van der Waals surface area contributed by atoms with Gasteiger partial charge >= 0.3 is 0 Å². The smallest absolute Gasteiger partial charge is 0.289 e. The fraction of sp³-hybridized carbons (Fsp3) is 0. The largest absolute Gasteiger partial charge is 0.355 e. The molecule has 5 nitrogen and oxygen atoms in total. The number of nitrogens with one attached hydrogen (secondary N) is 1. The van der Waals surface area contributed by atoms with Crippen molar-refractivity contribution in [3.8, 4) is 6.07 Å². The van der Waals surface area contributed by atoms with Crippen molar-refractivity contribution in [2.45, 2.75) is 0 Å². The molecule has 2 aromatic rings. The molecule has 0 heterocycles. The van der Waals surface area contributed by atoms with Gasteiger partial charge in [0.2, 0.25) is 0 Å². The zero-order valence-corrected chi connectivity index (χ0v) is 10.4. The molecular formula is C13H8ClN3O2. The monoisotopic (exact) mass is 273 g/mol. The maximum Gasteiger partial charge on any atom is 0.289 e. The van der Waals surface area contributed by atoms with Gasteiger partial charge in [0.05, 0.1) is 4.92 Å². The molecule has 0 unspecified atom stereocenters. The van der Waals surface area contributed by atoms with Gasteiger partial charge in [-0.3, -0.25) is 10.1 Å². The molecule has 0 amide bonds. The van der Waals surface area contributed by atoms with Crippen molar-refractivity contribution in [1.82, 2.24) is 0 Å². The Kier molecular flexibility index (Phi) is 3.64. The Morgan fingerprint density at radius 2 is 1.95 bits per heavy atom. The predicted molar refractivity (Wildman–Crippen MR) is 72.5 cm³/mol. The van der Waals surface area contributed by atoms with E-state index in [1.807, 2.05) is 0 Å². The molecule has 0 saturated heterocycles. The second-order valence-corrected chi connectivity index (χ2v) is 4.17. The van der Waals surface area contributed by atoms with Crippen molar-refractivity contribution >= 4 is 28.7 Å². The van der Waals surface area contributed by atoms with Gasteiger partial charge in [0.1, 0.15) is 11.6 Å². The number of benzene rings is 2. The quantitative estimate of drug-likeness (QED) is 0.680. The lowest BCUT2D eigenvalue weighted by Crippen LogP contribution is -1.95. The number of nitro groups is 1. The Morgan fingerprint density at radius 3 is 2.58 bits per heavy atom. The first kappa shape index (κ1) is 12.9. The fourth-order valence-electron chi connectivity index (χ4n) is 1.59. The standard InChI is InChI=1S/C13H8ClN3O2/c14-10-2-1-3-11(6-10)16-12-5-4-9(8-15)13(7-12)17(18)19/h1-7,16H. The summed E-state index contributed by atoms with van der Waals surface area (Å²) in [6, 6.07) is 13.1. The molecular weight excluding hydrogens is 266 g/mol. The summed E-state index contributed by atoms with van der Waals surface area (Å²) in [5, 5.41) is 23.2. The Hall–Kier alpha value is -2.58. The number of anilines is 2. The van der Waals surface area contributed by atoms with E-state index in [-0.39, 0.29) is 11.3 Å². The van der Waals surface area contributed by atoms with Gasteiger partial charge in [0.25, 0.3) is 5.69 Å². The third-order valence-electron chi connectivity index (χ3n) is 2.43. The average molecular weight is 274 g/mol. The number of rotatable bonds is 3. The molecule has 6 heteroatoms. The topological polar surface area (TPSA) is 79.0 Å². The fourth-order valence-corrected chi connectivity index (χ4v) is 1.78. The summed E-state index contributed by atoms with van der Waals surface area (Å²) in [6.45, 7) is 0. The van der Waals surface area contributed by atoms with Crippen LogP contribution in [0.4, 0.5) is 17.1 Å². The van der Waals surface area contributed by atoms with Crippen LogP contribution in [0.15, 0.2) is 42.5 Å². The summed E-state index contributed by atoms with van der Waals surface area (Å²) < 4.78 is 0. The van der Waals surface area contributed by atoms with Gasteiger partial charge in [0.15, 0.2) is 0 Å². The zero-order chi connectivity index (χ0) is 13.8. The van der Waals surface area contributed by atoms with Crippen molar-refractivity contribution in [2.24, 2.45) is 0 Å². The van der Waals surface area contributed by atoms with E-state index in [0.29, 0.717) is 16.4 Å². The normalized spacial score (nSPS) is 9.68. The number of nitriles is 1. The van der Waals surface area contributed by atoms with Crippen LogP contribution in [-0.4, -0.2) is 4.92 Å². The third kappa shape index (κ3) is 3.00. The molecule has 0 spiro atoms. The lowest BCUT2D eigenvalue weighted by atomic mass is 10.1. The molecule has 0 aromatic heterocycles. The predicted octanol–water partition coefficient (Wildman–Crippen LogP) is 3.86. The van der Waals surface area contributed by atoms with E-state index in [1.54, 1.807) is 36.4 Å². The van der Waals surface area contributed by atoms with E-state index in [4.69, 9.17) is 16.9 Å². The third-order valence-corrected chi connectivity index (χ3v) is 2.66. The van der Waals surface area contributed by atoms with Crippen LogP contribution >= 0.6 is 11.6 Å². The summed E-state index contributed by atoms with van der Waals surface area (Å²) in [5.41, 5.74) is 1.04. The summed E-state index contributed by atoms with van der Waals surface area (Å²) in [6.07, 6.45) is 0. The maximum absolute atomic E-state index is 10.8. The molecule has 94 valence electrons. The molecule has 0 aliphatic rings. The lowest BCUT2D eigenvalue weighted by Gasteiger charge is -2.06.